The average molecular weight is 251 g/mol. The van der Waals surface area contributed by atoms with Gasteiger partial charge in [0.05, 0.1) is 6.54 Å². The molecule has 2 aliphatic rings. The lowest BCUT2D eigenvalue weighted by atomic mass is 9.85. The number of likely N-dealkylation sites (N-methyl/N-ethyl adjacent to an activating group) is 1. The summed E-state index contributed by atoms with van der Waals surface area (Å²) in [6.07, 6.45) is 13.1. The molecular formula is C16H29NO. The van der Waals surface area contributed by atoms with Crippen LogP contribution in [0.4, 0.5) is 0 Å². The highest BCUT2D eigenvalue weighted by atomic mass is 16.1. The summed E-state index contributed by atoms with van der Waals surface area (Å²) in [5, 5.41) is 0. The molecule has 2 aliphatic carbocycles. The van der Waals surface area contributed by atoms with E-state index >= 15 is 0 Å². The Labute approximate surface area is 112 Å². The van der Waals surface area contributed by atoms with E-state index in [-0.39, 0.29) is 0 Å². The number of nitrogens with zero attached hydrogens (tertiary/aromatic N) is 1. The molecule has 0 heterocycles. The third-order valence-electron chi connectivity index (χ3n) is 4.78. The van der Waals surface area contributed by atoms with E-state index in [1.807, 2.05) is 0 Å². The van der Waals surface area contributed by atoms with Gasteiger partial charge in [0.2, 0.25) is 0 Å². The van der Waals surface area contributed by atoms with Crippen LogP contribution in [0.15, 0.2) is 0 Å². The third kappa shape index (κ3) is 4.38. The molecule has 0 saturated heterocycles. The zero-order chi connectivity index (χ0) is 12.8. The number of ketones is 1. The average Bonchev–Trinajstić information content (AvgIpc) is 2.40. The van der Waals surface area contributed by atoms with Crippen LogP contribution in [0, 0.1) is 11.8 Å². The number of carbonyl (C=O) groups is 1. The van der Waals surface area contributed by atoms with Crippen molar-refractivity contribution >= 4 is 5.78 Å². The Morgan fingerprint density at radius 1 is 0.944 bits per heavy atom. The van der Waals surface area contributed by atoms with Crippen molar-refractivity contribution in [3.63, 3.8) is 0 Å². The molecule has 104 valence electrons. The van der Waals surface area contributed by atoms with Gasteiger partial charge >= 0.3 is 0 Å². The van der Waals surface area contributed by atoms with Gasteiger partial charge in [-0.1, -0.05) is 38.5 Å². The highest BCUT2D eigenvalue weighted by Crippen LogP contribution is 2.26. The van der Waals surface area contributed by atoms with Crippen molar-refractivity contribution in [1.29, 1.82) is 0 Å². The molecule has 0 bridgehead atoms. The van der Waals surface area contributed by atoms with E-state index in [1.54, 1.807) is 0 Å². The van der Waals surface area contributed by atoms with Crippen LogP contribution in [0.25, 0.3) is 0 Å². The van der Waals surface area contributed by atoms with Crippen LogP contribution in [0.5, 0.6) is 0 Å². The fraction of sp³-hybridized carbons (Fsp3) is 0.938. The minimum absolute atomic E-state index is 0.382. The van der Waals surface area contributed by atoms with Crippen LogP contribution in [0.2, 0.25) is 0 Å². The molecule has 0 aromatic rings. The predicted molar refractivity (Wildman–Crippen MR) is 75.7 cm³/mol. The minimum atomic E-state index is 0.382. The Balaban J connectivity index is 1.68. The molecule has 0 aromatic heterocycles. The summed E-state index contributed by atoms with van der Waals surface area (Å²) in [6.45, 7) is 1.83. The number of Topliss-reactive ketones (excluding diaryl/α,β-unsaturated/α-hetero) is 1. The summed E-state index contributed by atoms with van der Waals surface area (Å²) in [7, 11) is 2.13. The topological polar surface area (TPSA) is 20.3 Å². The van der Waals surface area contributed by atoms with E-state index in [2.05, 4.69) is 11.9 Å². The zero-order valence-corrected chi connectivity index (χ0v) is 12.0. The SMILES string of the molecule is CN(CC(=O)C1CCCCC1)CC1CCCCC1. The molecule has 0 amide bonds. The largest absolute Gasteiger partial charge is 0.299 e. The lowest BCUT2D eigenvalue weighted by Crippen LogP contribution is -2.34. The number of hydrogen-bond acceptors (Lipinski definition) is 2. The van der Waals surface area contributed by atoms with Crippen molar-refractivity contribution in [2.24, 2.45) is 11.8 Å². The van der Waals surface area contributed by atoms with E-state index in [9.17, 15) is 4.79 Å². The summed E-state index contributed by atoms with van der Waals surface area (Å²) in [5.41, 5.74) is 0. The van der Waals surface area contributed by atoms with Gasteiger partial charge in [-0.25, -0.2) is 0 Å². The van der Waals surface area contributed by atoms with Gasteiger partial charge in [-0.05, 0) is 38.6 Å². The zero-order valence-electron chi connectivity index (χ0n) is 12.0. The van der Waals surface area contributed by atoms with Crippen molar-refractivity contribution < 1.29 is 4.79 Å². The molecule has 0 aliphatic heterocycles. The molecule has 2 saturated carbocycles. The Morgan fingerprint density at radius 2 is 1.50 bits per heavy atom. The van der Waals surface area contributed by atoms with Crippen LogP contribution in [-0.4, -0.2) is 30.8 Å². The van der Waals surface area contributed by atoms with E-state index in [0.29, 0.717) is 18.2 Å². The highest BCUT2D eigenvalue weighted by Gasteiger charge is 2.23. The molecule has 0 spiro atoms. The summed E-state index contributed by atoms with van der Waals surface area (Å²) < 4.78 is 0. The number of carbonyl (C=O) groups excluding carboxylic acids is 1. The first-order valence-electron chi connectivity index (χ1n) is 7.97. The van der Waals surface area contributed by atoms with E-state index < -0.39 is 0 Å². The maximum atomic E-state index is 12.2. The molecule has 0 unspecified atom stereocenters. The summed E-state index contributed by atoms with van der Waals surface area (Å²) >= 11 is 0. The second-order valence-corrected chi connectivity index (χ2v) is 6.50. The van der Waals surface area contributed by atoms with Gasteiger partial charge in [0.15, 0.2) is 0 Å². The van der Waals surface area contributed by atoms with Crippen LogP contribution in [0.3, 0.4) is 0 Å². The summed E-state index contributed by atoms with van der Waals surface area (Å²) in [4.78, 5) is 14.5. The molecule has 0 atom stereocenters. The molecule has 0 aromatic carbocycles. The van der Waals surface area contributed by atoms with E-state index in [0.717, 1.165) is 25.3 Å². The van der Waals surface area contributed by atoms with Crippen molar-refractivity contribution in [3.05, 3.63) is 0 Å². The molecule has 2 rings (SSSR count). The summed E-state index contributed by atoms with van der Waals surface area (Å²) in [5.74, 6) is 1.74. The van der Waals surface area contributed by atoms with Crippen LogP contribution >= 0.6 is 0 Å². The van der Waals surface area contributed by atoms with Crippen molar-refractivity contribution in [1.82, 2.24) is 4.90 Å². The van der Waals surface area contributed by atoms with Gasteiger partial charge in [0.25, 0.3) is 0 Å². The van der Waals surface area contributed by atoms with Crippen LogP contribution in [0.1, 0.15) is 64.2 Å². The maximum Gasteiger partial charge on any atom is 0.149 e. The molecule has 0 radical (unpaired) electrons. The minimum Gasteiger partial charge on any atom is -0.299 e. The smallest absolute Gasteiger partial charge is 0.149 e. The van der Waals surface area contributed by atoms with Crippen molar-refractivity contribution in [3.8, 4) is 0 Å². The molecule has 2 heteroatoms. The lowest BCUT2D eigenvalue weighted by molar-refractivity contribution is -0.124. The normalized spacial score (nSPS) is 23.4. The second kappa shape index (κ2) is 7.28. The maximum absolute atomic E-state index is 12.2. The van der Waals surface area contributed by atoms with Crippen LogP contribution in [-0.2, 0) is 4.79 Å². The van der Waals surface area contributed by atoms with Crippen LogP contribution < -0.4 is 0 Å². The molecular weight excluding hydrogens is 222 g/mol. The molecule has 2 nitrogen and oxygen atoms in total. The molecule has 0 N–H and O–H groups in total. The fourth-order valence-corrected chi connectivity index (χ4v) is 3.69. The van der Waals surface area contributed by atoms with Gasteiger partial charge < -0.3 is 0 Å². The Morgan fingerprint density at radius 3 is 2.11 bits per heavy atom. The van der Waals surface area contributed by atoms with Crippen molar-refractivity contribution in [2.75, 3.05) is 20.1 Å². The van der Waals surface area contributed by atoms with Gasteiger partial charge in [0, 0.05) is 12.5 Å². The quantitative estimate of drug-likeness (QED) is 0.743. The first-order chi connectivity index (χ1) is 8.75. The monoisotopic (exact) mass is 251 g/mol. The molecule has 18 heavy (non-hydrogen) atoms. The van der Waals surface area contributed by atoms with Gasteiger partial charge in [0.1, 0.15) is 5.78 Å². The van der Waals surface area contributed by atoms with Crippen molar-refractivity contribution in [2.45, 2.75) is 64.2 Å². The third-order valence-corrected chi connectivity index (χ3v) is 4.78. The van der Waals surface area contributed by atoms with E-state index in [1.165, 1.54) is 51.4 Å². The van der Waals surface area contributed by atoms with Gasteiger partial charge in [-0.3, -0.25) is 9.69 Å². The van der Waals surface area contributed by atoms with Gasteiger partial charge in [-0.15, -0.1) is 0 Å². The molecule has 2 fully saturated rings. The Bertz CT molecular complexity index is 252. The lowest BCUT2D eigenvalue weighted by Gasteiger charge is -2.28. The predicted octanol–water partition coefficient (Wildman–Crippen LogP) is 3.65. The van der Waals surface area contributed by atoms with Gasteiger partial charge in [-0.2, -0.15) is 0 Å². The Hall–Kier alpha value is -0.370. The first-order valence-corrected chi connectivity index (χ1v) is 7.97. The number of hydrogen-bond donors (Lipinski definition) is 0. The van der Waals surface area contributed by atoms with E-state index in [4.69, 9.17) is 0 Å². The first kappa shape index (κ1) is 14.0. The standard InChI is InChI=1S/C16H29NO/c1-17(12-14-8-4-2-5-9-14)13-16(18)15-10-6-3-7-11-15/h14-15H,2-13H2,1H3. The Kier molecular flexibility index (Phi) is 5.68. The highest BCUT2D eigenvalue weighted by molar-refractivity contribution is 5.83. The summed E-state index contributed by atoms with van der Waals surface area (Å²) in [6, 6.07) is 0. The fourth-order valence-electron chi connectivity index (χ4n) is 3.69. The second-order valence-electron chi connectivity index (χ2n) is 6.50. The number of rotatable bonds is 5.